The van der Waals surface area contributed by atoms with Crippen molar-refractivity contribution in [2.75, 3.05) is 0 Å². The summed E-state index contributed by atoms with van der Waals surface area (Å²) in [4.78, 5) is 12.5. The van der Waals surface area contributed by atoms with Gasteiger partial charge in [0.25, 0.3) is 5.91 Å². The molecule has 0 saturated heterocycles. The zero-order valence-electron chi connectivity index (χ0n) is 14.1. The van der Waals surface area contributed by atoms with Gasteiger partial charge in [0.2, 0.25) is 0 Å². The number of nitrogens with one attached hydrogen (secondary N) is 1. The largest absolute Gasteiger partial charge is 0.434 e. The highest BCUT2D eigenvalue weighted by Gasteiger charge is 2.21. The molecular formula is C17H21F2N3O2. The minimum atomic E-state index is -2.98. The summed E-state index contributed by atoms with van der Waals surface area (Å²) >= 11 is 0. The van der Waals surface area contributed by atoms with Crippen LogP contribution in [0.4, 0.5) is 8.78 Å². The summed E-state index contributed by atoms with van der Waals surface area (Å²) in [6.07, 6.45) is 0. The van der Waals surface area contributed by atoms with Crippen LogP contribution in [0.3, 0.4) is 0 Å². The highest BCUT2D eigenvalue weighted by molar-refractivity contribution is 5.97. The van der Waals surface area contributed by atoms with Gasteiger partial charge in [-0.2, -0.15) is 13.9 Å². The average Bonchev–Trinajstić information content (AvgIpc) is 2.81. The van der Waals surface area contributed by atoms with Crippen LogP contribution >= 0.6 is 0 Å². The van der Waals surface area contributed by atoms with Gasteiger partial charge in [0, 0.05) is 17.8 Å². The maximum atomic E-state index is 12.5. The van der Waals surface area contributed by atoms with E-state index in [1.165, 1.54) is 18.2 Å². The monoisotopic (exact) mass is 337 g/mol. The maximum Gasteiger partial charge on any atom is 0.387 e. The van der Waals surface area contributed by atoms with E-state index in [1.54, 1.807) is 6.07 Å². The lowest BCUT2D eigenvalue weighted by Crippen LogP contribution is -2.28. The standard InChI is InChI=1S/C17H21F2N3O2/c1-5-22-12(4)15(11(3)21-22)10(2)20-16(23)13-8-6-7-9-14(13)24-17(18)19/h6-10,17H,5H2,1-4H3,(H,20,23)/t10-/m0/s1. The highest BCUT2D eigenvalue weighted by atomic mass is 19.3. The molecule has 2 aromatic rings. The molecule has 1 amide bonds. The minimum absolute atomic E-state index is 0.0721. The van der Waals surface area contributed by atoms with Crippen molar-refractivity contribution in [3.8, 4) is 5.75 Å². The fraction of sp³-hybridized carbons (Fsp3) is 0.412. The quantitative estimate of drug-likeness (QED) is 0.876. The number of halogens is 2. The van der Waals surface area contributed by atoms with Crippen LogP contribution in [0.2, 0.25) is 0 Å². The summed E-state index contributed by atoms with van der Waals surface area (Å²) in [5, 5.41) is 7.26. The molecule has 0 bridgehead atoms. The molecule has 0 unspecified atom stereocenters. The molecule has 1 aromatic carbocycles. The number of ether oxygens (including phenoxy) is 1. The Bertz CT molecular complexity index is 729. The molecule has 7 heteroatoms. The molecule has 130 valence electrons. The molecule has 5 nitrogen and oxygen atoms in total. The van der Waals surface area contributed by atoms with Gasteiger partial charge >= 0.3 is 6.61 Å². The van der Waals surface area contributed by atoms with Crippen LogP contribution < -0.4 is 10.1 Å². The van der Waals surface area contributed by atoms with Crippen molar-refractivity contribution in [1.82, 2.24) is 15.1 Å². The average molecular weight is 337 g/mol. The van der Waals surface area contributed by atoms with Gasteiger partial charge in [-0.1, -0.05) is 12.1 Å². The predicted octanol–water partition coefficient (Wildman–Crippen LogP) is 3.61. The van der Waals surface area contributed by atoms with Gasteiger partial charge in [-0.05, 0) is 39.8 Å². The molecule has 0 spiro atoms. The second-order valence-electron chi connectivity index (χ2n) is 5.47. The Kier molecular flexibility index (Phi) is 5.54. The minimum Gasteiger partial charge on any atom is -0.434 e. The highest BCUT2D eigenvalue weighted by Crippen LogP contribution is 2.24. The number of hydrogen-bond donors (Lipinski definition) is 1. The van der Waals surface area contributed by atoms with Gasteiger partial charge in [0.15, 0.2) is 0 Å². The van der Waals surface area contributed by atoms with Crippen LogP contribution in [-0.2, 0) is 6.54 Å². The van der Waals surface area contributed by atoms with Gasteiger partial charge in [-0.15, -0.1) is 0 Å². The van der Waals surface area contributed by atoms with E-state index in [4.69, 9.17) is 0 Å². The van der Waals surface area contributed by atoms with Crippen molar-refractivity contribution < 1.29 is 18.3 Å². The summed E-state index contributed by atoms with van der Waals surface area (Å²) in [6.45, 7) is 5.40. The van der Waals surface area contributed by atoms with Crippen LogP contribution in [0, 0.1) is 13.8 Å². The topological polar surface area (TPSA) is 56.2 Å². The maximum absolute atomic E-state index is 12.5. The second-order valence-corrected chi connectivity index (χ2v) is 5.47. The predicted molar refractivity (Wildman–Crippen MR) is 86.3 cm³/mol. The summed E-state index contributed by atoms with van der Waals surface area (Å²) in [5.41, 5.74) is 2.81. The van der Waals surface area contributed by atoms with Crippen LogP contribution in [0.25, 0.3) is 0 Å². The number of hydrogen-bond acceptors (Lipinski definition) is 3. The van der Waals surface area contributed by atoms with Crippen LogP contribution in [0.5, 0.6) is 5.75 Å². The molecule has 1 N–H and O–H groups in total. The fourth-order valence-electron chi connectivity index (χ4n) is 2.84. The number of nitrogens with zero attached hydrogens (tertiary/aromatic N) is 2. The number of benzene rings is 1. The molecule has 1 atom stereocenters. The molecule has 0 fully saturated rings. The van der Waals surface area contributed by atoms with Gasteiger partial charge in [0.05, 0.1) is 17.3 Å². The third-order valence-corrected chi connectivity index (χ3v) is 3.87. The second kappa shape index (κ2) is 7.42. The molecule has 0 saturated carbocycles. The number of rotatable bonds is 6. The first-order chi connectivity index (χ1) is 11.3. The first kappa shape index (κ1) is 17.9. The van der Waals surface area contributed by atoms with Crippen molar-refractivity contribution in [2.24, 2.45) is 0 Å². The normalized spacial score (nSPS) is 12.3. The van der Waals surface area contributed by atoms with E-state index < -0.39 is 12.5 Å². The molecule has 1 heterocycles. The molecule has 0 radical (unpaired) electrons. The zero-order chi connectivity index (χ0) is 17.9. The Labute approximate surface area is 139 Å². The number of para-hydroxylation sites is 1. The first-order valence-corrected chi connectivity index (χ1v) is 7.73. The summed E-state index contributed by atoms with van der Waals surface area (Å²) < 4.78 is 31.2. The van der Waals surface area contributed by atoms with E-state index in [0.29, 0.717) is 0 Å². The van der Waals surface area contributed by atoms with Crippen molar-refractivity contribution in [2.45, 2.75) is 46.9 Å². The van der Waals surface area contributed by atoms with E-state index in [1.807, 2.05) is 32.4 Å². The van der Waals surface area contributed by atoms with Gasteiger partial charge in [-0.3, -0.25) is 9.48 Å². The zero-order valence-corrected chi connectivity index (χ0v) is 14.1. The van der Waals surface area contributed by atoms with Gasteiger partial charge < -0.3 is 10.1 Å². The molecular weight excluding hydrogens is 316 g/mol. The third kappa shape index (κ3) is 3.72. The lowest BCUT2D eigenvalue weighted by Gasteiger charge is -2.16. The van der Waals surface area contributed by atoms with E-state index in [2.05, 4.69) is 15.2 Å². The molecule has 0 aliphatic rings. The Hall–Kier alpha value is -2.44. The Morgan fingerprint density at radius 3 is 2.58 bits per heavy atom. The number of amides is 1. The van der Waals surface area contributed by atoms with E-state index >= 15 is 0 Å². The van der Waals surface area contributed by atoms with Crippen LogP contribution in [0.15, 0.2) is 24.3 Å². The molecule has 0 aliphatic carbocycles. The molecule has 24 heavy (non-hydrogen) atoms. The van der Waals surface area contributed by atoms with Crippen molar-refractivity contribution in [3.05, 3.63) is 46.8 Å². The van der Waals surface area contributed by atoms with E-state index in [9.17, 15) is 13.6 Å². The SMILES string of the molecule is CCn1nc(C)c([C@H](C)NC(=O)c2ccccc2OC(F)F)c1C. The van der Waals surface area contributed by atoms with E-state index in [0.717, 1.165) is 23.5 Å². The van der Waals surface area contributed by atoms with Gasteiger partial charge in [-0.25, -0.2) is 0 Å². The fourth-order valence-corrected chi connectivity index (χ4v) is 2.84. The van der Waals surface area contributed by atoms with Crippen LogP contribution in [-0.4, -0.2) is 22.3 Å². The van der Waals surface area contributed by atoms with Crippen LogP contribution in [0.1, 0.15) is 47.2 Å². The Balaban J connectivity index is 2.23. The smallest absolute Gasteiger partial charge is 0.387 e. The molecule has 1 aromatic heterocycles. The summed E-state index contributed by atoms with van der Waals surface area (Å²) in [5.74, 6) is -0.614. The number of carbonyl (C=O) groups is 1. The van der Waals surface area contributed by atoms with Gasteiger partial charge in [0.1, 0.15) is 5.75 Å². The Morgan fingerprint density at radius 1 is 1.33 bits per heavy atom. The number of aromatic nitrogens is 2. The van der Waals surface area contributed by atoms with Crippen molar-refractivity contribution >= 4 is 5.91 Å². The lowest BCUT2D eigenvalue weighted by molar-refractivity contribution is -0.0501. The summed E-state index contributed by atoms with van der Waals surface area (Å²) in [6, 6.07) is 5.63. The number of aryl methyl sites for hydroxylation is 2. The number of carbonyl (C=O) groups excluding carboxylic acids is 1. The number of alkyl halides is 2. The summed E-state index contributed by atoms with van der Waals surface area (Å²) in [7, 11) is 0. The van der Waals surface area contributed by atoms with E-state index in [-0.39, 0.29) is 17.4 Å². The first-order valence-electron chi connectivity index (χ1n) is 7.73. The Morgan fingerprint density at radius 2 is 2.00 bits per heavy atom. The molecule has 2 rings (SSSR count). The van der Waals surface area contributed by atoms with Crippen molar-refractivity contribution in [3.63, 3.8) is 0 Å². The lowest BCUT2D eigenvalue weighted by atomic mass is 10.1. The third-order valence-electron chi connectivity index (χ3n) is 3.87. The molecule has 0 aliphatic heterocycles. The van der Waals surface area contributed by atoms with Crippen molar-refractivity contribution in [1.29, 1.82) is 0 Å².